The van der Waals surface area contributed by atoms with Gasteiger partial charge in [-0.2, -0.15) is 0 Å². The van der Waals surface area contributed by atoms with Gasteiger partial charge in [0.2, 0.25) is 0 Å². The van der Waals surface area contributed by atoms with Gasteiger partial charge in [-0.25, -0.2) is 4.98 Å². The minimum atomic E-state index is -0.451. The van der Waals surface area contributed by atoms with E-state index in [-0.39, 0.29) is 11.2 Å². The maximum Gasteiger partial charge on any atom is 0.270 e. The van der Waals surface area contributed by atoms with E-state index < -0.39 is 4.92 Å². The Bertz CT molecular complexity index is 1380. The summed E-state index contributed by atoms with van der Waals surface area (Å²) in [6.45, 7) is 0. The smallest absolute Gasteiger partial charge is 0.268 e. The number of rotatable bonds is 4. The average Bonchev–Trinajstić information content (AvgIpc) is 2.74. The van der Waals surface area contributed by atoms with Crippen molar-refractivity contribution in [3.8, 4) is 5.69 Å². The van der Waals surface area contributed by atoms with Crippen molar-refractivity contribution in [2.24, 2.45) is 0 Å². The molecule has 148 valence electrons. The number of nitro benzene ring substituents is 1. The topological polar surface area (TPSA) is 78.0 Å². The number of aromatic nitrogens is 2. The molecule has 0 saturated carbocycles. The minimum Gasteiger partial charge on any atom is -0.268 e. The summed E-state index contributed by atoms with van der Waals surface area (Å²) in [5.74, 6) is 0.369. The van der Waals surface area contributed by atoms with Crippen LogP contribution in [0.2, 0.25) is 5.02 Å². The van der Waals surface area contributed by atoms with E-state index in [9.17, 15) is 14.9 Å². The van der Waals surface area contributed by atoms with E-state index >= 15 is 0 Å². The highest BCUT2D eigenvalue weighted by molar-refractivity contribution is 14.1. The van der Waals surface area contributed by atoms with E-state index in [2.05, 4.69) is 27.6 Å². The molecule has 4 rings (SSSR count). The van der Waals surface area contributed by atoms with Gasteiger partial charge in [-0.3, -0.25) is 19.5 Å². The predicted octanol–water partition coefficient (Wildman–Crippen LogP) is 5.72. The molecule has 0 aliphatic heterocycles. The van der Waals surface area contributed by atoms with Crippen LogP contribution >= 0.6 is 34.2 Å². The van der Waals surface area contributed by atoms with Gasteiger partial charge in [0, 0.05) is 15.7 Å². The quantitative estimate of drug-likeness (QED) is 0.192. The third-order valence-electron chi connectivity index (χ3n) is 4.46. The fourth-order valence-electron chi connectivity index (χ4n) is 3.07. The van der Waals surface area contributed by atoms with Crippen molar-refractivity contribution in [1.29, 1.82) is 0 Å². The van der Waals surface area contributed by atoms with Gasteiger partial charge in [-0.05, 0) is 64.6 Å². The second kappa shape index (κ2) is 8.37. The van der Waals surface area contributed by atoms with Gasteiger partial charge in [0.05, 0.1) is 26.5 Å². The van der Waals surface area contributed by atoms with Gasteiger partial charge < -0.3 is 0 Å². The monoisotopic (exact) mass is 529 g/mol. The lowest BCUT2D eigenvalue weighted by atomic mass is 10.2. The molecule has 1 heterocycles. The van der Waals surface area contributed by atoms with E-state index in [1.807, 2.05) is 6.07 Å². The molecule has 0 unspecified atom stereocenters. The number of hydrogen-bond donors (Lipinski definition) is 0. The van der Waals surface area contributed by atoms with Gasteiger partial charge in [-0.1, -0.05) is 41.9 Å². The fourth-order valence-corrected chi connectivity index (χ4v) is 3.78. The van der Waals surface area contributed by atoms with E-state index in [1.165, 1.54) is 16.7 Å². The zero-order chi connectivity index (χ0) is 21.3. The molecule has 0 atom stereocenters. The molecule has 8 heteroatoms. The van der Waals surface area contributed by atoms with Gasteiger partial charge in [0.1, 0.15) is 5.82 Å². The molecule has 3 aromatic carbocycles. The number of benzene rings is 3. The Hall–Kier alpha value is -3.04. The summed E-state index contributed by atoms with van der Waals surface area (Å²) in [6.07, 6.45) is 3.34. The lowest BCUT2D eigenvalue weighted by Gasteiger charge is -2.13. The first-order chi connectivity index (χ1) is 14.4. The molecular weight excluding hydrogens is 517 g/mol. The summed E-state index contributed by atoms with van der Waals surface area (Å²) in [5, 5.41) is 11.9. The van der Waals surface area contributed by atoms with Crippen LogP contribution in [0.3, 0.4) is 0 Å². The Morgan fingerprint density at radius 2 is 1.83 bits per heavy atom. The lowest BCUT2D eigenvalue weighted by Crippen LogP contribution is -2.22. The second-order valence-electron chi connectivity index (χ2n) is 6.41. The third kappa shape index (κ3) is 3.99. The van der Waals surface area contributed by atoms with Gasteiger partial charge >= 0.3 is 0 Å². The van der Waals surface area contributed by atoms with E-state index in [0.717, 1.165) is 3.57 Å². The fraction of sp³-hybridized carbons (Fsp3) is 0. The standard InChI is InChI=1S/C22H13ClIN3O3/c23-18-6-1-2-7-20(18)26-21(11-8-14-4-3-5-16(12-14)27(29)30)25-19-10-9-15(24)13-17(19)22(26)28/h1-13H/b11-8+. The number of nitro groups is 1. The van der Waals surface area contributed by atoms with Crippen LogP contribution in [0.5, 0.6) is 0 Å². The predicted molar refractivity (Wildman–Crippen MR) is 127 cm³/mol. The molecule has 0 amide bonds. The normalized spacial score (nSPS) is 11.3. The highest BCUT2D eigenvalue weighted by Crippen LogP contribution is 2.23. The third-order valence-corrected chi connectivity index (χ3v) is 5.45. The van der Waals surface area contributed by atoms with Crippen LogP contribution in [0.15, 0.2) is 71.5 Å². The lowest BCUT2D eigenvalue weighted by molar-refractivity contribution is -0.384. The van der Waals surface area contributed by atoms with Crippen LogP contribution in [0.1, 0.15) is 11.4 Å². The maximum absolute atomic E-state index is 13.3. The van der Waals surface area contributed by atoms with E-state index in [0.29, 0.717) is 33.0 Å². The summed E-state index contributed by atoms with van der Waals surface area (Å²) in [7, 11) is 0. The van der Waals surface area contributed by atoms with Crippen molar-refractivity contribution in [1.82, 2.24) is 9.55 Å². The summed E-state index contributed by atoms with van der Waals surface area (Å²) >= 11 is 8.52. The van der Waals surface area contributed by atoms with Crippen molar-refractivity contribution < 1.29 is 4.92 Å². The van der Waals surface area contributed by atoms with Crippen molar-refractivity contribution in [2.75, 3.05) is 0 Å². The largest absolute Gasteiger partial charge is 0.270 e. The highest BCUT2D eigenvalue weighted by Gasteiger charge is 2.14. The van der Waals surface area contributed by atoms with Crippen LogP contribution in [0, 0.1) is 13.7 Å². The molecule has 0 saturated heterocycles. The number of halogens is 2. The van der Waals surface area contributed by atoms with Gasteiger partial charge in [0.25, 0.3) is 11.2 Å². The Kier molecular flexibility index (Phi) is 5.65. The van der Waals surface area contributed by atoms with Crippen molar-refractivity contribution in [3.63, 3.8) is 0 Å². The van der Waals surface area contributed by atoms with Crippen molar-refractivity contribution in [2.45, 2.75) is 0 Å². The van der Waals surface area contributed by atoms with Gasteiger partial charge in [0.15, 0.2) is 0 Å². The van der Waals surface area contributed by atoms with Crippen LogP contribution in [0.4, 0.5) is 5.69 Å². The molecule has 0 fully saturated rings. The number of fused-ring (bicyclic) bond motifs is 1. The Morgan fingerprint density at radius 3 is 2.60 bits per heavy atom. The number of non-ortho nitro benzene ring substituents is 1. The molecule has 0 aliphatic carbocycles. The van der Waals surface area contributed by atoms with Gasteiger partial charge in [-0.15, -0.1) is 0 Å². The Labute approximate surface area is 189 Å². The summed E-state index contributed by atoms with van der Waals surface area (Å²) in [5.41, 5.74) is 1.43. The Balaban J connectivity index is 1.94. The van der Waals surface area contributed by atoms with Crippen LogP contribution in [0.25, 0.3) is 28.7 Å². The maximum atomic E-state index is 13.3. The first-order valence-corrected chi connectivity index (χ1v) is 10.3. The van der Waals surface area contributed by atoms with Crippen LogP contribution in [-0.4, -0.2) is 14.5 Å². The molecule has 0 bridgehead atoms. The van der Waals surface area contributed by atoms with E-state index in [4.69, 9.17) is 11.6 Å². The molecule has 1 aromatic heterocycles. The van der Waals surface area contributed by atoms with Crippen molar-refractivity contribution >= 4 is 62.9 Å². The first kappa shape index (κ1) is 20.2. The Morgan fingerprint density at radius 1 is 1.03 bits per heavy atom. The number of nitrogens with zero attached hydrogens (tertiary/aromatic N) is 3. The van der Waals surface area contributed by atoms with Crippen molar-refractivity contribution in [3.05, 3.63) is 107 Å². The average molecular weight is 530 g/mol. The molecule has 30 heavy (non-hydrogen) atoms. The zero-order valence-corrected chi connectivity index (χ0v) is 18.2. The summed E-state index contributed by atoms with van der Waals surface area (Å²) < 4.78 is 2.37. The molecule has 0 aliphatic rings. The second-order valence-corrected chi connectivity index (χ2v) is 8.06. The van der Waals surface area contributed by atoms with E-state index in [1.54, 1.807) is 60.7 Å². The first-order valence-electron chi connectivity index (χ1n) is 8.84. The molecular formula is C22H13ClIN3O3. The summed E-state index contributed by atoms with van der Waals surface area (Å²) in [4.78, 5) is 28.6. The molecule has 6 nitrogen and oxygen atoms in total. The van der Waals surface area contributed by atoms with Crippen LogP contribution < -0.4 is 5.56 Å². The molecule has 0 spiro atoms. The zero-order valence-electron chi connectivity index (χ0n) is 15.3. The molecule has 0 N–H and O–H groups in total. The molecule has 0 radical (unpaired) electrons. The number of para-hydroxylation sites is 1. The highest BCUT2D eigenvalue weighted by atomic mass is 127. The summed E-state index contributed by atoms with van der Waals surface area (Å²) in [6, 6.07) is 18.7. The SMILES string of the molecule is O=c1c2cc(I)ccc2nc(/C=C/c2cccc([N+](=O)[O-])c2)n1-c1ccccc1Cl. The number of hydrogen-bond acceptors (Lipinski definition) is 4. The molecule has 4 aromatic rings. The van der Waals surface area contributed by atoms with Crippen LogP contribution in [-0.2, 0) is 0 Å². The minimum absolute atomic E-state index is 0.0123.